The number of hydrogen-bond donors (Lipinski definition) is 2. The van der Waals surface area contributed by atoms with E-state index in [1.807, 2.05) is 6.92 Å². The van der Waals surface area contributed by atoms with Crippen LogP contribution in [0.2, 0.25) is 0 Å². The Bertz CT molecular complexity index is 211. The van der Waals surface area contributed by atoms with Crippen LogP contribution in [0, 0.1) is 0 Å². The van der Waals surface area contributed by atoms with Crippen LogP contribution in [-0.4, -0.2) is 63.4 Å². The lowest BCUT2D eigenvalue weighted by atomic mass is 10.1. The van der Waals surface area contributed by atoms with Gasteiger partial charge in [0.05, 0.1) is 32.0 Å². The molecule has 18 heavy (non-hydrogen) atoms. The van der Waals surface area contributed by atoms with Gasteiger partial charge in [0, 0.05) is 26.4 Å². The minimum atomic E-state index is -0.322. The van der Waals surface area contributed by atoms with Gasteiger partial charge in [-0.2, -0.15) is 0 Å². The quantitative estimate of drug-likeness (QED) is 0.503. The standard InChI is InChI=1S/C13H27NO4/c1-13(10-15,14-12-4-5-12)11-18-9-8-17-7-3-6-16-2/h12,14-15H,3-11H2,1-2H3. The average molecular weight is 261 g/mol. The summed E-state index contributed by atoms with van der Waals surface area (Å²) in [5.41, 5.74) is -0.322. The zero-order valence-corrected chi connectivity index (χ0v) is 11.6. The van der Waals surface area contributed by atoms with Crippen LogP contribution >= 0.6 is 0 Å². The van der Waals surface area contributed by atoms with E-state index < -0.39 is 0 Å². The zero-order valence-electron chi connectivity index (χ0n) is 11.6. The molecule has 0 aromatic rings. The molecule has 1 saturated carbocycles. The lowest BCUT2D eigenvalue weighted by Crippen LogP contribution is -2.50. The van der Waals surface area contributed by atoms with Crippen molar-refractivity contribution in [1.82, 2.24) is 5.32 Å². The molecule has 1 aliphatic carbocycles. The van der Waals surface area contributed by atoms with Crippen molar-refractivity contribution in [2.24, 2.45) is 0 Å². The highest BCUT2D eigenvalue weighted by Gasteiger charge is 2.32. The highest BCUT2D eigenvalue weighted by Crippen LogP contribution is 2.22. The molecule has 2 N–H and O–H groups in total. The summed E-state index contributed by atoms with van der Waals surface area (Å²) in [4.78, 5) is 0. The van der Waals surface area contributed by atoms with Gasteiger partial charge in [-0.05, 0) is 26.2 Å². The summed E-state index contributed by atoms with van der Waals surface area (Å²) in [5, 5.41) is 12.8. The van der Waals surface area contributed by atoms with Gasteiger partial charge in [-0.1, -0.05) is 0 Å². The van der Waals surface area contributed by atoms with E-state index in [2.05, 4.69) is 5.32 Å². The Kier molecular flexibility index (Phi) is 7.77. The molecule has 5 heteroatoms. The van der Waals surface area contributed by atoms with Crippen LogP contribution in [-0.2, 0) is 14.2 Å². The molecule has 1 unspecified atom stereocenters. The highest BCUT2D eigenvalue weighted by molar-refractivity contribution is 4.92. The van der Waals surface area contributed by atoms with E-state index in [0.29, 0.717) is 32.5 Å². The van der Waals surface area contributed by atoms with Crippen molar-refractivity contribution < 1.29 is 19.3 Å². The number of aliphatic hydroxyl groups is 1. The third kappa shape index (κ3) is 7.28. The van der Waals surface area contributed by atoms with Crippen molar-refractivity contribution in [3.05, 3.63) is 0 Å². The SMILES string of the molecule is COCCCOCCOCC(C)(CO)NC1CC1. The maximum absolute atomic E-state index is 9.37. The fourth-order valence-corrected chi connectivity index (χ4v) is 1.68. The Balaban J connectivity index is 1.94. The molecule has 1 atom stereocenters. The first-order valence-corrected chi connectivity index (χ1v) is 6.73. The number of ether oxygens (including phenoxy) is 3. The van der Waals surface area contributed by atoms with Gasteiger partial charge in [0.25, 0.3) is 0 Å². The lowest BCUT2D eigenvalue weighted by molar-refractivity contribution is 0.00495. The second kappa shape index (κ2) is 8.82. The minimum absolute atomic E-state index is 0.0954. The van der Waals surface area contributed by atoms with Crippen molar-refractivity contribution in [3.8, 4) is 0 Å². The molecule has 0 radical (unpaired) electrons. The monoisotopic (exact) mass is 261 g/mol. The fraction of sp³-hybridized carbons (Fsp3) is 1.00. The molecule has 0 aromatic heterocycles. The first-order valence-electron chi connectivity index (χ1n) is 6.73. The molecule has 0 amide bonds. The molecule has 1 aliphatic rings. The summed E-state index contributed by atoms with van der Waals surface area (Å²) in [6.07, 6.45) is 3.32. The smallest absolute Gasteiger partial charge is 0.0701 e. The number of hydrogen-bond acceptors (Lipinski definition) is 5. The second-order valence-corrected chi connectivity index (χ2v) is 5.15. The molecule has 5 nitrogen and oxygen atoms in total. The van der Waals surface area contributed by atoms with Gasteiger partial charge in [-0.15, -0.1) is 0 Å². The number of aliphatic hydroxyl groups excluding tert-OH is 1. The first kappa shape index (κ1) is 15.9. The number of methoxy groups -OCH3 is 1. The zero-order chi connectivity index (χ0) is 13.3. The average Bonchev–Trinajstić information content (AvgIpc) is 3.16. The largest absolute Gasteiger partial charge is 0.394 e. The summed E-state index contributed by atoms with van der Waals surface area (Å²) in [7, 11) is 1.69. The van der Waals surface area contributed by atoms with Gasteiger partial charge in [0.1, 0.15) is 0 Å². The van der Waals surface area contributed by atoms with Crippen molar-refractivity contribution >= 4 is 0 Å². The summed E-state index contributed by atoms with van der Waals surface area (Å²) in [5.74, 6) is 0. The van der Waals surface area contributed by atoms with Gasteiger partial charge >= 0.3 is 0 Å². The molecule has 0 spiro atoms. The summed E-state index contributed by atoms with van der Waals surface area (Å²) in [6.45, 7) is 5.19. The van der Waals surface area contributed by atoms with Crippen molar-refractivity contribution in [3.63, 3.8) is 0 Å². The van der Waals surface area contributed by atoms with Gasteiger partial charge in [-0.3, -0.25) is 0 Å². The van der Waals surface area contributed by atoms with E-state index in [0.717, 1.165) is 13.0 Å². The topological polar surface area (TPSA) is 60.0 Å². The highest BCUT2D eigenvalue weighted by atomic mass is 16.5. The Labute approximate surface area is 110 Å². The van der Waals surface area contributed by atoms with E-state index >= 15 is 0 Å². The van der Waals surface area contributed by atoms with Gasteiger partial charge in [0.15, 0.2) is 0 Å². The third-order valence-electron chi connectivity index (χ3n) is 2.91. The van der Waals surface area contributed by atoms with Crippen LogP contribution in [0.4, 0.5) is 0 Å². The van der Waals surface area contributed by atoms with E-state index in [1.54, 1.807) is 7.11 Å². The molecule has 1 rings (SSSR count). The Morgan fingerprint density at radius 3 is 2.50 bits per heavy atom. The molecule has 0 aliphatic heterocycles. The Morgan fingerprint density at radius 1 is 1.17 bits per heavy atom. The maximum Gasteiger partial charge on any atom is 0.0701 e. The predicted octanol–water partition coefficient (Wildman–Crippen LogP) is 0.559. The molecule has 108 valence electrons. The minimum Gasteiger partial charge on any atom is -0.394 e. The van der Waals surface area contributed by atoms with Crippen LogP contribution in [0.25, 0.3) is 0 Å². The van der Waals surface area contributed by atoms with Crippen LogP contribution in [0.1, 0.15) is 26.2 Å². The van der Waals surface area contributed by atoms with E-state index in [-0.39, 0.29) is 12.1 Å². The molecule has 0 heterocycles. The third-order valence-corrected chi connectivity index (χ3v) is 2.91. The van der Waals surface area contributed by atoms with Crippen LogP contribution < -0.4 is 5.32 Å². The molecule has 1 fully saturated rings. The van der Waals surface area contributed by atoms with Gasteiger partial charge < -0.3 is 24.6 Å². The summed E-state index contributed by atoms with van der Waals surface area (Å²) in [6, 6.07) is 0.566. The van der Waals surface area contributed by atoms with Crippen LogP contribution in [0.5, 0.6) is 0 Å². The Morgan fingerprint density at radius 2 is 1.89 bits per heavy atom. The van der Waals surface area contributed by atoms with Crippen molar-refractivity contribution in [2.45, 2.75) is 37.8 Å². The Hall–Kier alpha value is -0.200. The molecular weight excluding hydrogens is 234 g/mol. The number of nitrogens with one attached hydrogen (secondary N) is 1. The predicted molar refractivity (Wildman–Crippen MR) is 69.8 cm³/mol. The van der Waals surface area contributed by atoms with E-state index in [4.69, 9.17) is 14.2 Å². The molecular formula is C13H27NO4. The van der Waals surface area contributed by atoms with E-state index in [1.165, 1.54) is 12.8 Å². The normalized spacial score (nSPS) is 18.8. The molecule has 0 saturated heterocycles. The van der Waals surface area contributed by atoms with Crippen molar-refractivity contribution in [1.29, 1.82) is 0 Å². The molecule has 0 aromatic carbocycles. The lowest BCUT2D eigenvalue weighted by Gasteiger charge is -2.28. The molecule has 0 bridgehead atoms. The summed E-state index contributed by atoms with van der Waals surface area (Å²) < 4.78 is 15.9. The fourth-order valence-electron chi connectivity index (χ4n) is 1.68. The number of rotatable bonds is 12. The summed E-state index contributed by atoms with van der Waals surface area (Å²) >= 11 is 0. The van der Waals surface area contributed by atoms with E-state index in [9.17, 15) is 5.11 Å². The maximum atomic E-state index is 9.37. The van der Waals surface area contributed by atoms with Gasteiger partial charge in [-0.25, -0.2) is 0 Å². The van der Waals surface area contributed by atoms with Crippen LogP contribution in [0.15, 0.2) is 0 Å². The second-order valence-electron chi connectivity index (χ2n) is 5.15. The van der Waals surface area contributed by atoms with Crippen molar-refractivity contribution in [2.75, 3.05) is 46.8 Å². The van der Waals surface area contributed by atoms with Gasteiger partial charge in [0.2, 0.25) is 0 Å². The van der Waals surface area contributed by atoms with Crippen LogP contribution in [0.3, 0.4) is 0 Å². The first-order chi connectivity index (χ1) is 8.70.